The second-order valence-corrected chi connectivity index (χ2v) is 4.20. The Morgan fingerprint density at radius 2 is 2.05 bits per heavy atom. The summed E-state index contributed by atoms with van der Waals surface area (Å²) in [4.78, 5) is 10.3. The zero-order chi connectivity index (χ0) is 14.3. The number of halogens is 1. The Balaban J connectivity index is 2.21. The van der Waals surface area contributed by atoms with Crippen LogP contribution in [0.3, 0.4) is 0 Å². The molecule has 0 bridgehead atoms. The van der Waals surface area contributed by atoms with Gasteiger partial charge in [0.05, 0.1) is 4.92 Å². The molecule has 0 saturated carbocycles. The second-order valence-electron chi connectivity index (χ2n) is 4.20. The number of rotatable bonds is 2. The number of benzene rings is 2. The molecule has 0 fully saturated rings. The predicted octanol–water partition coefficient (Wildman–Crippen LogP) is 3.12. The van der Waals surface area contributed by atoms with Crippen molar-refractivity contribution in [2.75, 3.05) is 5.73 Å². The molecule has 0 radical (unpaired) electrons. The van der Waals surface area contributed by atoms with Crippen molar-refractivity contribution in [2.45, 2.75) is 0 Å². The Bertz CT molecular complexity index is 829. The Hall–Kier alpha value is -2.96. The van der Waals surface area contributed by atoms with Crippen LogP contribution in [0.2, 0.25) is 0 Å². The van der Waals surface area contributed by atoms with Gasteiger partial charge in [-0.3, -0.25) is 10.1 Å². The largest absolute Gasteiger partial charge is 0.393 e. The van der Waals surface area contributed by atoms with Gasteiger partial charge in [0.1, 0.15) is 17.2 Å². The summed E-state index contributed by atoms with van der Waals surface area (Å²) in [6.45, 7) is 0. The maximum absolute atomic E-state index is 13.1. The van der Waals surface area contributed by atoms with Crippen molar-refractivity contribution in [1.29, 1.82) is 0 Å². The first-order valence-electron chi connectivity index (χ1n) is 5.65. The molecule has 7 heteroatoms. The third-order valence-corrected chi connectivity index (χ3v) is 2.93. The van der Waals surface area contributed by atoms with Crippen LogP contribution in [0.4, 0.5) is 15.8 Å². The molecular weight excluding hydrogens is 265 g/mol. The molecule has 20 heavy (non-hydrogen) atoms. The van der Waals surface area contributed by atoms with Gasteiger partial charge in [0, 0.05) is 23.1 Å². The number of nitro groups is 1. The van der Waals surface area contributed by atoms with Crippen LogP contribution < -0.4 is 5.73 Å². The van der Waals surface area contributed by atoms with Crippen molar-refractivity contribution in [3.63, 3.8) is 0 Å². The van der Waals surface area contributed by atoms with E-state index in [2.05, 4.69) is 5.16 Å². The Labute approximate surface area is 111 Å². The van der Waals surface area contributed by atoms with Gasteiger partial charge in [0.2, 0.25) is 0 Å². The van der Waals surface area contributed by atoms with E-state index in [0.29, 0.717) is 16.6 Å². The molecule has 2 N–H and O–H groups in total. The van der Waals surface area contributed by atoms with Gasteiger partial charge in [-0.15, -0.1) is 0 Å². The number of fused-ring (bicyclic) bond motifs is 1. The van der Waals surface area contributed by atoms with Crippen molar-refractivity contribution in [3.8, 4) is 11.3 Å². The quantitative estimate of drug-likeness (QED) is 0.439. The fourth-order valence-electron chi connectivity index (χ4n) is 1.97. The van der Waals surface area contributed by atoms with E-state index in [1.54, 1.807) is 6.07 Å². The average molecular weight is 273 g/mol. The van der Waals surface area contributed by atoms with Gasteiger partial charge in [-0.2, -0.15) is 0 Å². The first-order chi connectivity index (χ1) is 9.56. The summed E-state index contributed by atoms with van der Waals surface area (Å²) < 4.78 is 18.1. The second kappa shape index (κ2) is 4.30. The third-order valence-electron chi connectivity index (χ3n) is 2.93. The van der Waals surface area contributed by atoms with Gasteiger partial charge in [0.15, 0.2) is 5.58 Å². The standard InChI is InChI=1S/C13H8FN3O3/c14-8-2-3-9-12(6-8)20-16-13(9)7-1-4-10(15)11(5-7)17(18)19/h1-6H,15H2. The molecule has 0 amide bonds. The van der Waals surface area contributed by atoms with E-state index in [1.165, 1.54) is 30.3 Å². The number of anilines is 1. The molecule has 1 aromatic heterocycles. The van der Waals surface area contributed by atoms with Gasteiger partial charge < -0.3 is 10.3 Å². The summed E-state index contributed by atoms with van der Waals surface area (Å²) in [5.41, 5.74) is 6.57. The lowest BCUT2D eigenvalue weighted by Crippen LogP contribution is -1.95. The van der Waals surface area contributed by atoms with Crippen molar-refractivity contribution in [1.82, 2.24) is 5.16 Å². The minimum atomic E-state index is -0.569. The summed E-state index contributed by atoms with van der Waals surface area (Å²) in [5, 5.41) is 15.3. The topological polar surface area (TPSA) is 95.2 Å². The molecular formula is C13H8FN3O3. The highest BCUT2D eigenvalue weighted by Crippen LogP contribution is 2.32. The van der Waals surface area contributed by atoms with Crippen molar-refractivity contribution >= 4 is 22.3 Å². The minimum absolute atomic E-state index is 0.0672. The molecule has 0 aliphatic rings. The summed E-state index contributed by atoms with van der Waals surface area (Å²) in [5.74, 6) is -0.441. The van der Waals surface area contributed by atoms with Crippen LogP contribution in [0, 0.1) is 15.9 Å². The Morgan fingerprint density at radius 1 is 1.25 bits per heavy atom. The highest BCUT2D eigenvalue weighted by Gasteiger charge is 2.17. The van der Waals surface area contributed by atoms with E-state index in [-0.39, 0.29) is 17.0 Å². The fraction of sp³-hybridized carbons (Fsp3) is 0. The first-order valence-corrected chi connectivity index (χ1v) is 5.65. The molecule has 2 aromatic carbocycles. The van der Waals surface area contributed by atoms with Crippen LogP contribution in [0.25, 0.3) is 22.2 Å². The lowest BCUT2D eigenvalue weighted by atomic mass is 10.1. The van der Waals surface area contributed by atoms with Gasteiger partial charge in [-0.1, -0.05) is 11.2 Å². The summed E-state index contributed by atoms with van der Waals surface area (Å²) in [6, 6.07) is 8.33. The zero-order valence-electron chi connectivity index (χ0n) is 10.0. The molecule has 0 aliphatic carbocycles. The average Bonchev–Trinajstić information content (AvgIpc) is 2.82. The van der Waals surface area contributed by atoms with Crippen molar-refractivity contribution in [2.24, 2.45) is 0 Å². The van der Waals surface area contributed by atoms with E-state index >= 15 is 0 Å². The first kappa shape index (κ1) is 12.1. The minimum Gasteiger partial charge on any atom is -0.393 e. The molecule has 3 aromatic rings. The Morgan fingerprint density at radius 3 is 2.80 bits per heavy atom. The zero-order valence-corrected chi connectivity index (χ0v) is 10.0. The summed E-state index contributed by atoms with van der Waals surface area (Å²) >= 11 is 0. The molecule has 0 unspecified atom stereocenters. The number of nitrogen functional groups attached to an aromatic ring is 1. The van der Waals surface area contributed by atoms with Gasteiger partial charge in [0.25, 0.3) is 5.69 Å². The van der Waals surface area contributed by atoms with Crippen molar-refractivity contribution in [3.05, 3.63) is 52.3 Å². The molecule has 0 atom stereocenters. The predicted molar refractivity (Wildman–Crippen MR) is 70.5 cm³/mol. The lowest BCUT2D eigenvalue weighted by Gasteiger charge is -2.00. The molecule has 1 heterocycles. The molecule has 3 rings (SSSR count). The van der Waals surface area contributed by atoms with Gasteiger partial charge in [-0.25, -0.2) is 4.39 Å². The number of nitrogens with zero attached hydrogens (tertiary/aromatic N) is 2. The van der Waals surface area contributed by atoms with Gasteiger partial charge >= 0.3 is 0 Å². The van der Waals surface area contributed by atoms with E-state index in [1.807, 2.05) is 0 Å². The number of aromatic nitrogens is 1. The smallest absolute Gasteiger partial charge is 0.292 e. The molecule has 0 spiro atoms. The van der Waals surface area contributed by atoms with Crippen LogP contribution in [0.1, 0.15) is 0 Å². The summed E-state index contributed by atoms with van der Waals surface area (Å²) in [6.07, 6.45) is 0. The maximum atomic E-state index is 13.1. The van der Waals surface area contributed by atoms with Crippen LogP contribution >= 0.6 is 0 Å². The molecule has 6 nitrogen and oxygen atoms in total. The Kier molecular flexibility index (Phi) is 2.60. The molecule has 100 valence electrons. The van der Waals surface area contributed by atoms with Crippen LogP contribution in [-0.2, 0) is 0 Å². The number of hydrogen-bond donors (Lipinski definition) is 1. The SMILES string of the molecule is Nc1ccc(-c2noc3cc(F)ccc23)cc1[N+](=O)[O-]. The molecule has 0 saturated heterocycles. The number of nitro benzene ring substituents is 1. The monoisotopic (exact) mass is 273 g/mol. The van der Waals surface area contributed by atoms with Crippen LogP contribution in [-0.4, -0.2) is 10.1 Å². The van der Waals surface area contributed by atoms with Gasteiger partial charge in [-0.05, 0) is 18.2 Å². The van der Waals surface area contributed by atoms with Crippen LogP contribution in [0.5, 0.6) is 0 Å². The lowest BCUT2D eigenvalue weighted by molar-refractivity contribution is -0.383. The van der Waals surface area contributed by atoms with E-state index in [4.69, 9.17) is 10.3 Å². The maximum Gasteiger partial charge on any atom is 0.292 e. The molecule has 0 aliphatic heterocycles. The van der Waals surface area contributed by atoms with E-state index < -0.39 is 10.7 Å². The number of hydrogen-bond acceptors (Lipinski definition) is 5. The van der Waals surface area contributed by atoms with Crippen LogP contribution in [0.15, 0.2) is 40.9 Å². The fourth-order valence-corrected chi connectivity index (χ4v) is 1.97. The number of nitrogens with two attached hydrogens (primary N) is 1. The normalized spacial score (nSPS) is 10.8. The van der Waals surface area contributed by atoms with E-state index in [0.717, 1.165) is 0 Å². The third kappa shape index (κ3) is 1.85. The van der Waals surface area contributed by atoms with E-state index in [9.17, 15) is 14.5 Å². The van der Waals surface area contributed by atoms with Crippen molar-refractivity contribution < 1.29 is 13.8 Å². The highest BCUT2D eigenvalue weighted by molar-refractivity contribution is 5.92. The highest BCUT2D eigenvalue weighted by atomic mass is 19.1. The summed E-state index contributed by atoms with van der Waals surface area (Å²) in [7, 11) is 0.